The molecule has 26 heavy (non-hydrogen) atoms. The minimum absolute atomic E-state index is 0.0704. The second-order valence-corrected chi connectivity index (χ2v) is 8.34. The number of amides is 1. The molecule has 0 bridgehead atoms. The number of halogens is 1. The van der Waals surface area contributed by atoms with E-state index in [1.807, 2.05) is 36.0 Å². The van der Waals surface area contributed by atoms with E-state index in [1.54, 1.807) is 6.07 Å². The minimum atomic E-state index is -0.345. The molecule has 2 N–H and O–H groups in total. The van der Waals surface area contributed by atoms with E-state index >= 15 is 0 Å². The van der Waals surface area contributed by atoms with Crippen molar-refractivity contribution in [1.29, 1.82) is 0 Å². The molecule has 3 aromatic rings. The quantitative estimate of drug-likeness (QED) is 0.707. The van der Waals surface area contributed by atoms with Crippen molar-refractivity contribution >= 4 is 44.9 Å². The van der Waals surface area contributed by atoms with Crippen LogP contribution in [0.4, 0.5) is 10.1 Å². The van der Waals surface area contributed by atoms with Crippen LogP contribution in [-0.2, 0) is 4.79 Å². The van der Waals surface area contributed by atoms with Crippen molar-refractivity contribution < 1.29 is 9.18 Å². The van der Waals surface area contributed by atoms with Crippen LogP contribution >= 0.6 is 23.1 Å². The molecule has 1 aliphatic rings. The zero-order chi connectivity index (χ0) is 17.9. The fourth-order valence-electron chi connectivity index (χ4n) is 2.97. The summed E-state index contributed by atoms with van der Waals surface area (Å²) in [5, 5.41) is 7.00. The van der Waals surface area contributed by atoms with Gasteiger partial charge in [0.1, 0.15) is 10.8 Å². The Labute approximate surface area is 159 Å². The van der Waals surface area contributed by atoms with Gasteiger partial charge in [0.25, 0.3) is 0 Å². The second-order valence-electron chi connectivity index (χ2n) is 6.15. The van der Waals surface area contributed by atoms with E-state index < -0.39 is 0 Å². The van der Waals surface area contributed by atoms with Gasteiger partial charge in [0.2, 0.25) is 5.91 Å². The van der Waals surface area contributed by atoms with Crippen molar-refractivity contribution in [3.63, 3.8) is 0 Å². The minimum Gasteiger partial charge on any atom is -0.325 e. The molecule has 0 saturated carbocycles. The third-order valence-corrected chi connectivity index (χ3v) is 6.41. The Morgan fingerprint density at radius 2 is 2.19 bits per heavy atom. The molecule has 134 valence electrons. The average molecular weight is 388 g/mol. The Morgan fingerprint density at radius 1 is 1.31 bits per heavy atom. The summed E-state index contributed by atoms with van der Waals surface area (Å²) in [6.45, 7) is 0.927. The zero-order valence-corrected chi connectivity index (χ0v) is 15.6. The highest BCUT2D eigenvalue weighted by Gasteiger charge is 2.19. The first-order valence-electron chi connectivity index (χ1n) is 8.45. The normalized spacial score (nSPS) is 17.3. The maximum atomic E-state index is 13.8. The van der Waals surface area contributed by atoms with Gasteiger partial charge in [0, 0.05) is 36.1 Å². The van der Waals surface area contributed by atoms with Crippen molar-refractivity contribution in [2.75, 3.05) is 23.4 Å². The Morgan fingerprint density at radius 3 is 3.00 bits per heavy atom. The highest BCUT2D eigenvalue weighted by molar-refractivity contribution is 7.99. The van der Waals surface area contributed by atoms with Gasteiger partial charge in [0.15, 0.2) is 0 Å². The number of para-hydroxylation sites is 1. The maximum absolute atomic E-state index is 13.8. The lowest BCUT2D eigenvalue weighted by Gasteiger charge is -2.22. The lowest BCUT2D eigenvalue weighted by molar-refractivity contribution is -0.116. The average Bonchev–Trinajstić information content (AvgIpc) is 3.08. The zero-order valence-electron chi connectivity index (χ0n) is 14.0. The number of hydrogen-bond donors (Lipinski definition) is 2. The highest BCUT2D eigenvalue weighted by Crippen LogP contribution is 2.35. The number of aromatic nitrogens is 1. The topological polar surface area (TPSA) is 54.0 Å². The van der Waals surface area contributed by atoms with Crippen molar-refractivity contribution in [3.8, 4) is 10.6 Å². The van der Waals surface area contributed by atoms with Gasteiger partial charge in [-0.2, -0.15) is 11.8 Å². The van der Waals surface area contributed by atoms with Gasteiger partial charge in [-0.1, -0.05) is 12.1 Å². The second kappa shape index (κ2) is 7.73. The van der Waals surface area contributed by atoms with Crippen LogP contribution in [0.25, 0.3) is 20.8 Å². The first-order valence-corrected chi connectivity index (χ1v) is 10.4. The molecule has 1 atom stereocenters. The molecule has 0 spiro atoms. The first kappa shape index (κ1) is 17.5. The molecule has 2 aromatic carbocycles. The Bertz CT molecular complexity index is 904. The van der Waals surface area contributed by atoms with E-state index in [0.29, 0.717) is 22.7 Å². The molecule has 1 amide bonds. The van der Waals surface area contributed by atoms with Gasteiger partial charge in [-0.25, -0.2) is 9.37 Å². The number of thiazole rings is 1. The maximum Gasteiger partial charge on any atom is 0.225 e. The highest BCUT2D eigenvalue weighted by atomic mass is 32.2. The fraction of sp³-hybridized carbons (Fsp3) is 0.263. The number of hydrogen-bond acceptors (Lipinski definition) is 5. The van der Waals surface area contributed by atoms with E-state index in [4.69, 9.17) is 0 Å². The summed E-state index contributed by atoms with van der Waals surface area (Å²) < 4.78 is 14.9. The number of nitrogens with one attached hydrogen (secondary N) is 2. The Kier molecular flexibility index (Phi) is 5.19. The summed E-state index contributed by atoms with van der Waals surface area (Å²) in [6.07, 6.45) is 0.406. The van der Waals surface area contributed by atoms with E-state index in [9.17, 15) is 9.18 Å². The lowest BCUT2D eigenvalue weighted by atomic mass is 10.1. The summed E-state index contributed by atoms with van der Waals surface area (Å²) >= 11 is 3.35. The van der Waals surface area contributed by atoms with Gasteiger partial charge in [-0.15, -0.1) is 11.3 Å². The van der Waals surface area contributed by atoms with Gasteiger partial charge >= 0.3 is 0 Å². The molecule has 1 aromatic heterocycles. The molecule has 4 nitrogen and oxygen atoms in total. The molecule has 0 radical (unpaired) electrons. The summed E-state index contributed by atoms with van der Waals surface area (Å²) in [5.74, 6) is 1.60. The van der Waals surface area contributed by atoms with Gasteiger partial charge in [-0.3, -0.25) is 4.79 Å². The number of rotatable bonds is 4. The van der Waals surface area contributed by atoms with Crippen molar-refractivity contribution in [2.24, 2.45) is 0 Å². The Balaban J connectivity index is 1.59. The third-order valence-electron chi connectivity index (χ3n) is 4.21. The smallest absolute Gasteiger partial charge is 0.225 e. The molecule has 4 rings (SSSR count). The fourth-order valence-corrected chi connectivity index (χ4v) is 4.91. The number of benzene rings is 2. The van der Waals surface area contributed by atoms with Crippen LogP contribution in [-0.4, -0.2) is 35.0 Å². The molecule has 1 fully saturated rings. The predicted octanol–water partition coefficient (Wildman–Crippen LogP) is 4.14. The molecular weight excluding hydrogens is 369 g/mol. The standard InChI is InChI=1S/C19H18FN3OS2/c20-12-5-6-15(22-18(24)10-13-11-25-8-7-21-13)14(9-12)19-23-16-3-1-2-4-17(16)26-19/h1-6,9,13,21H,7-8,10-11H2,(H,22,24). The number of anilines is 1. The van der Waals surface area contributed by atoms with Crippen LogP contribution in [0.5, 0.6) is 0 Å². The molecular formula is C19H18FN3OS2. The van der Waals surface area contributed by atoms with Crippen LogP contribution in [0.1, 0.15) is 6.42 Å². The largest absolute Gasteiger partial charge is 0.325 e. The van der Waals surface area contributed by atoms with Gasteiger partial charge in [-0.05, 0) is 30.3 Å². The van der Waals surface area contributed by atoms with Crippen molar-refractivity contribution in [2.45, 2.75) is 12.5 Å². The predicted molar refractivity (Wildman–Crippen MR) is 107 cm³/mol. The summed E-state index contributed by atoms with van der Waals surface area (Å²) in [4.78, 5) is 17.0. The summed E-state index contributed by atoms with van der Waals surface area (Å²) in [7, 11) is 0. The summed E-state index contributed by atoms with van der Waals surface area (Å²) in [5.41, 5.74) is 2.09. The van der Waals surface area contributed by atoms with Crippen LogP contribution in [0.2, 0.25) is 0 Å². The number of carbonyl (C=O) groups excluding carboxylic acids is 1. The molecule has 0 aliphatic carbocycles. The van der Waals surface area contributed by atoms with Crippen LogP contribution in [0, 0.1) is 5.82 Å². The summed E-state index contributed by atoms with van der Waals surface area (Å²) in [6, 6.07) is 12.4. The molecule has 1 unspecified atom stereocenters. The van der Waals surface area contributed by atoms with Crippen molar-refractivity contribution in [1.82, 2.24) is 10.3 Å². The van der Waals surface area contributed by atoms with E-state index in [1.165, 1.54) is 23.5 Å². The number of fused-ring (bicyclic) bond motifs is 1. The van der Waals surface area contributed by atoms with E-state index in [2.05, 4.69) is 15.6 Å². The molecule has 2 heterocycles. The SMILES string of the molecule is O=C(CC1CSCCN1)Nc1ccc(F)cc1-c1nc2ccccc2s1. The van der Waals surface area contributed by atoms with Gasteiger partial charge in [0.05, 0.1) is 15.9 Å². The number of carbonyl (C=O) groups is 1. The van der Waals surface area contributed by atoms with Gasteiger partial charge < -0.3 is 10.6 Å². The van der Waals surface area contributed by atoms with Crippen LogP contribution in [0.15, 0.2) is 42.5 Å². The van der Waals surface area contributed by atoms with Crippen LogP contribution < -0.4 is 10.6 Å². The third kappa shape index (κ3) is 3.90. The van der Waals surface area contributed by atoms with E-state index in [-0.39, 0.29) is 17.8 Å². The van der Waals surface area contributed by atoms with E-state index in [0.717, 1.165) is 28.3 Å². The number of thioether (sulfide) groups is 1. The monoisotopic (exact) mass is 387 g/mol. The van der Waals surface area contributed by atoms with Crippen molar-refractivity contribution in [3.05, 3.63) is 48.3 Å². The molecule has 1 aliphatic heterocycles. The lowest BCUT2D eigenvalue weighted by Crippen LogP contribution is -2.39. The number of nitrogens with zero attached hydrogens (tertiary/aromatic N) is 1. The molecule has 7 heteroatoms. The Hall–Kier alpha value is -1.96. The van der Waals surface area contributed by atoms with Crippen LogP contribution in [0.3, 0.4) is 0 Å². The first-order chi connectivity index (χ1) is 12.7. The molecule has 1 saturated heterocycles.